The molecule has 24 N–H and O–H groups in total. The first-order valence-corrected chi connectivity index (χ1v) is 41.6. The molecule has 2 unspecified atom stereocenters. The van der Waals surface area contributed by atoms with Crippen LogP contribution in [0.4, 0.5) is 10.5 Å². The maximum Gasteiger partial charge on any atom is 0.407 e. The largest absolute Gasteiger partial charge is 0.481 e. The molecule has 15 amide bonds. The number of anilines is 1. The number of ketones is 1. The summed E-state index contributed by atoms with van der Waals surface area (Å²) in [4.78, 5) is 293. The summed E-state index contributed by atoms with van der Waals surface area (Å²) in [5.41, 5.74) is 12.7. The van der Waals surface area contributed by atoms with Crippen molar-refractivity contribution in [3.63, 3.8) is 0 Å². The van der Waals surface area contributed by atoms with Crippen LogP contribution in [0.1, 0.15) is 185 Å². The molecule has 127 heavy (non-hydrogen) atoms. The number of carboxylic acid groups (broad SMARTS) is 4. The van der Waals surface area contributed by atoms with Crippen LogP contribution in [-0.2, 0) is 107 Å². The van der Waals surface area contributed by atoms with Gasteiger partial charge in [0.1, 0.15) is 78.7 Å². The number of cyclic esters (lactones) is 1. The predicted octanol–water partition coefficient (Wildman–Crippen LogP) is -2.58. The third-order valence-corrected chi connectivity index (χ3v) is 20.4. The number of nitrogens with one attached hydrogen (secondary N) is 15. The minimum atomic E-state index is -2.49. The Morgan fingerprint density at radius 2 is 1.14 bits per heavy atom. The average molecular weight is 1790 g/mol. The summed E-state index contributed by atoms with van der Waals surface area (Å²) in [6.07, 6.45) is 3.15. The van der Waals surface area contributed by atoms with E-state index in [0.717, 1.165) is 75.8 Å². The Balaban J connectivity index is 1.62. The van der Waals surface area contributed by atoms with Gasteiger partial charge in [-0.05, 0) is 108 Å². The highest BCUT2D eigenvalue weighted by molar-refractivity contribution is 6.05. The zero-order valence-electron chi connectivity index (χ0n) is 70.8. The van der Waals surface area contributed by atoms with E-state index in [4.69, 9.17) is 20.9 Å². The number of Topliss-reactive ketones (excluding diaryl/α,β-unsaturated/α-hetero) is 1. The van der Waals surface area contributed by atoms with Gasteiger partial charge in [0.05, 0.1) is 51.8 Å². The highest BCUT2D eigenvalue weighted by Crippen LogP contribution is 2.23. The fourth-order valence-corrected chi connectivity index (χ4v) is 13.5. The van der Waals surface area contributed by atoms with E-state index < -0.39 is 274 Å². The lowest BCUT2D eigenvalue weighted by atomic mass is 9.96. The molecule has 2 aromatic carbocycles. The number of aromatic nitrogens is 1. The van der Waals surface area contributed by atoms with Gasteiger partial charge in [0.15, 0.2) is 5.78 Å². The predicted molar refractivity (Wildman–Crippen MR) is 446 cm³/mol. The van der Waals surface area contributed by atoms with Crippen molar-refractivity contribution in [2.75, 3.05) is 32.0 Å². The van der Waals surface area contributed by atoms with Gasteiger partial charge in [0, 0.05) is 47.7 Å². The van der Waals surface area contributed by atoms with Crippen molar-refractivity contribution < 1.29 is 136 Å². The van der Waals surface area contributed by atoms with Crippen molar-refractivity contribution in [2.24, 2.45) is 11.7 Å². The van der Waals surface area contributed by atoms with Crippen LogP contribution in [0.25, 0.3) is 10.9 Å². The maximum absolute atomic E-state index is 15.0. The number of nitrogen functional groups attached to an aromatic ring is 1. The maximum atomic E-state index is 15.0. The molecule has 696 valence electrons. The van der Waals surface area contributed by atoms with E-state index in [1.54, 1.807) is 24.4 Å². The van der Waals surface area contributed by atoms with Crippen molar-refractivity contribution in [1.29, 1.82) is 0 Å². The van der Waals surface area contributed by atoms with Gasteiger partial charge in [0.25, 0.3) is 0 Å². The number of unbranched alkanes of at least 4 members (excludes halogenated alkanes) is 6. The first-order chi connectivity index (χ1) is 60.3. The van der Waals surface area contributed by atoms with Crippen LogP contribution < -0.4 is 85.9 Å². The van der Waals surface area contributed by atoms with E-state index in [2.05, 4.69) is 70.4 Å². The van der Waals surface area contributed by atoms with Crippen LogP contribution in [0.15, 0.2) is 66.9 Å². The lowest BCUT2D eigenvalue weighted by Gasteiger charge is -2.30. The summed E-state index contributed by atoms with van der Waals surface area (Å²) in [6, 6.07) is -10.7. The number of aliphatic hydroxyl groups excluding tert-OH is 1. The fraction of sp³-hybridized carbons (Fsp3) is 0.549. The summed E-state index contributed by atoms with van der Waals surface area (Å²) in [5.74, 6) is -30.1. The lowest BCUT2D eigenvalue weighted by molar-refractivity contribution is -0.156. The molecule has 0 saturated carbocycles. The van der Waals surface area contributed by atoms with Crippen molar-refractivity contribution in [3.8, 4) is 0 Å². The standard InChI is InChI=1S/C82H115N17O28/c1-5-6-7-8-9-13-16-29-62(103)90-53(31-30-46-39-86-51-27-20-18-24-48(46)51)74(117)94-54(35-61(84)102)76(119)96-57(38-68(112)113)77(120)99-70-45(4)126-81(124)58(34-60(101)49-25-17-19-26-50(49)83)97-80(123)69(43(2)33-65(106)107)98-78(121)59(42-100)92-64(105)40-87-72(115)55(36-66(108)109)93-71(114)44(3)89-75(118)56(37-67(110)111)95-73(116)52(91-63(104)41-88-79(70)122)28-21-32-85-82(125)127-47-22-14-11-10-12-15-23-47/h10-11,17-20,24-27,39,43-45,47,52-59,69-70,86,100H,5-9,12-16,21-23,28-38,40-42,83H2,1-4H3,(H2,84,102)(H,85,125)(H,87,115)(H,88,122)(H,89,118)(H,90,103)(H,91,104)(H,92,105)(H,93,114)(H,94,117)(H,95,116)(H,96,119)(H,97,123)(H,98,121)(H,99,120)(H,106,107)(H,108,109)(H,110,111)(H,112,113)/b11-10+/t43-,44+,45+,47?,52-,53-,54-,55-,56?,57-,58-,59+,69-,70-/m0/s1. The number of fused-ring (bicyclic) bond motifs is 1. The Hall–Kier alpha value is -13.7. The number of carboxylic acids is 4. The first kappa shape index (κ1) is 104. The summed E-state index contributed by atoms with van der Waals surface area (Å²) in [5, 5.41) is 82.1. The molecule has 45 nitrogen and oxygen atoms in total. The van der Waals surface area contributed by atoms with Gasteiger partial charge in [0.2, 0.25) is 82.7 Å². The Morgan fingerprint density at radius 3 is 1.79 bits per heavy atom. The van der Waals surface area contributed by atoms with E-state index >= 15 is 0 Å². The van der Waals surface area contributed by atoms with Crippen LogP contribution in [0.5, 0.6) is 0 Å². The van der Waals surface area contributed by atoms with Crippen molar-refractivity contribution in [2.45, 2.75) is 254 Å². The van der Waals surface area contributed by atoms with Gasteiger partial charge in [-0.2, -0.15) is 0 Å². The number of aromatic amines is 1. The summed E-state index contributed by atoms with van der Waals surface area (Å²) in [6.45, 7) is 0.896. The van der Waals surface area contributed by atoms with Gasteiger partial charge < -0.3 is 126 Å². The number of esters is 1. The number of rotatable bonds is 38. The van der Waals surface area contributed by atoms with E-state index in [0.29, 0.717) is 38.5 Å². The van der Waals surface area contributed by atoms with Crippen molar-refractivity contribution in [1.82, 2.24) is 79.4 Å². The number of hydrogen-bond donors (Lipinski definition) is 22. The molecule has 0 radical (unpaired) electrons. The number of aliphatic hydroxyl groups is 1. The zero-order chi connectivity index (χ0) is 94.0. The topological polar surface area (TPSA) is 714 Å². The molecule has 0 spiro atoms. The number of alkyl carbamates (subject to hydrolysis) is 1. The molecule has 45 heteroatoms. The number of nitrogens with two attached hydrogens (primary N) is 2. The second-order valence-corrected chi connectivity index (χ2v) is 30.7. The van der Waals surface area contributed by atoms with Crippen LogP contribution in [0, 0.1) is 5.92 Å². The number of ether oxygens (including phenoxy) is 2. The summed E-state index contributed by atoms with van der Waals surface area (Å²) < 4.78 is 11.3. The summed E-state index contributed by atoms with van der Waals surface area (Å²) in [7, 11) is 0. The summed E-state index contributed by atoms with van der Waals surface area (Å²) >= 11 is 0. The number of benzene rings is 2. The molecule has 14 atom stereocenters. The highest BCUT2D eigenvalue weighted by atomic mass is 16.6. The molecule has 1 saturated heterocycles. The van der Waals surface area contributed by atoms with Gasteiger partial charge in [-0.3, -0.25) is 91.1 Å². The molecule has 1 aromatic heterocycles. The minimum Gasteiger partial charge on any atom is -0.481 e. The molecular formula is C82H115N17O28. The molecule has 2 heterocycles. The van der Waals surface area contributed by atoms with E-state index in [1.807, 2.05) is 34.2 Å². The second kappa shape index (κ2) is 53.5. The normalized spacial score (nSPS) is 21.8. The number of amides is 15. The number of para-hydroxylation sites is 2. The van der Waals surface area contributed by atoms with E-state index in [9.17, 15) is 126 Å². The molecule has 2 aliphatic rings. The Bertz CT molecular complexity index is 4460. The third-order valence-electron chi connectivity index (χ3n) is 20.4. The number of carbonyl (C=O) groups is 21. The highest BCUT2D eigenvalue weighted by Gasteiger charge is 2.41. The zero-order valence-corrected chi connectivity index (χ0v) is 70.8. The number of primary amides is 1. The van der Waals surface area contributed by atoms with Gasteiger partial charge in [-0.25, -0.2) is 9.59 Å². The average Bonchev–Trinajstić information content (AvgIpc) is 1.72. The van der Waals surface area contributed by atoms with Crippen LogP contribution in [0.2, 0.25) is 0 Å². The molecule has 1 fully saturated rings. The SMILES string of the molecule is CCCCCCCCCC(=O)N[C@@H](CCc1c[nH]c2ccccc12)C(=O)N[C@@H](CC(N)=O)C(=O)N[C@@H](CC(=O)O)C(=O)N[C@@H]1C(=O)NCC(=O)N[C@@H](CCCNC(=O)OC2CC/C=C/CCC2)C(=O)NC(CC(=O)O)C(=O)N[C@H](C)C(=O)N[C@@H](CC(=O)O)C(=O)NCC(=O)N[C@H](CO)C(=O)N[C@@H]([C@@H](C)CC(=O)O)C(=O)N[C@@H](CC(=O)c2ccccc2N)C(=O)O[C@@H]1C. The smallest absolute Gasteiger partial charge is 0.407 e. The second-order valence-electron chi connectivity index (χ2n) is 30.7. The van der Waals surface area contributed by atoms with Gasteiger partial charge in [-0.15, -0.1) is 0 Å². The van der Waals surface area contributed by atoms with Crippen LogP contribution in [-0.4, -0.2) is 260 Å². The van der Waals surface area contributed by atoms with Crippen molar-refractivity contribution in [3.05, 3.63) is 78.0 Å². The Labute approximate surface area is 728 Å². The van der Waals surface area contributed by atoms with Gasteiger partial charge in [-0.1, -0.05) is 94.9 Å². The molecule has 0 bridgehead atoms. The minimum absolute atomic E-state index is 0.0159. The lowest BCUT2D eigenvalue weighted by Crippen LogP contribution is -2.61. The molecule has 3 aromatic rings. The Morgan fingerprint density at radius 1 is 0.567 bits per heavy atom. The third kappa shape index (κ3) is 37.0. The van der Waals surface area contributed by atoms with Crippen molar-refractivity contribution >= 4 is 141 Å². The number of allylic oxidation sites excluding steroid dienone is 2. The quantitative estimate of drug-likeness (QED) is 0.00921. The first-order valence-electron chi connectivity index (χ1n) is 41.6. The molecule has 5 rings (SSSR count). The molecule has 1 aliphatic carbocycles. The number of hydrogen-bond acceptors (Lipinski definition) is 25. The van der Waals surface area contributed by atoms with E-state index in [-0.39, 0.29) is 43.5 Å². The number of carbonyl (C=O) groups excluding carboxylic acids is 17. The number of aryl methyl sites for hydroxylation is 1. The van der Waals surface area contributed by atoms with Crippen LogP contribution in [0.3, 0.4) is 0 Å². The number of H-pyrrole nitrogens is 1. The van der Waals surface area contributed by atoms with E-state index in [1.165, 1.54) is 24.3 Å². The van der Waals surface area contributed by atoms with Crippen LogP contribution >= 0.6 is 0 Å². The van der Waals surface area contributed by atoms with Gasteiger partial charge >= 0.3 is 35.9 Å². The molecule has 1 aliphatic heterocycles. The Kier molecular flexibility index (Phi) is 43.8. The monoisotopic (exact) mass is 1790 g/mol. The fourth-order valence-electron chi connectivity index (χ4n) is 13.5. The molecular weight excluding hydrogens is 1670 g/mol. The number of aliphatic carboxylic acids is 4.